The van der Waals surface area contributed by atoms with Crippen molar-refractivity contribution in [2.75, 3.05) is 25.0 Å². The van der Waals surface area contributed by atoms with Gasteiger partial charge >= 0.3 is 5.97 Å². The molecule has 8 heteroatoms. The topological polar surface area (TPSA) is 76.5 Å². The molecule has 3 rings (SSSR count). The van der Waals surface area contributed by atoms with Gasteiger partial charge in [-0.25, -0.2) is 9.18 Å². The molecular formula is C22H29FN4O3. The third-order valence-electron chi connectivity index (χ3n) is 5.37. The molecule has 0 radical (unpaired) electrons. The number of carbonyl (C=O) groups excluding carboxylic acids is 2. The summed E-state index contributed by atoms with van der Waals surface area (Å²) in [4.78, 5) is 27.1. The van der Waals surface area contributed by atoms with Crippen LogP contribution in [-0.4, -0.2) is 46.3 Å². The first kappa shape index (κ1) is 22.0. The largest absolute Gasteiger partial charge is 0.464 e. The number of rotatable bonds is 7. The van der Waals surface area contributed by atoms with Crippen LogP contribution in [0.2, 0.25) is 0 Å². The van der Waals surface area contributed by atoms with E-state index in [1.807, 2.05) is 6.07 Å². The minimum Gasteiger partial charge on any atom is -0.464 e. The molecule has 0 aliphatic carbocycles. The molecule has 2 heterocycles. The zero-order chi connectivity index (χ0) is 21.7. The van der Waals surface area contributed by atoms with Gasteiger partial charge in [0, 0.05) is 19.3 Å². The molecule has 0 unspecified atom stereocenters. The lowest BCUT2D eigenvalue weighted by atomic mass is 9.96. The van der Waals surface area contributed by atoms with Crippen molar-refractivity contribution in [3.63, 3.8) is 0 Å². The first-order valence-corrected chi connectivity index (χ1v) is 10.3. The summed E-state index contributed by atoms with van der Waals surface area (Å²) in [6.07, 6.45) is 4.88. The minimum atomic E-state index is -0.967. The summed E-state index contributed by atoms with van der Waals surface area (Å²) in [5, 5.41) is 7.13. The Balaban J connectivity index is 1.59. The second kappa shape index (κ2) is 9.38. The Labute approximate surface area is 176 Å². The molecule has 1 aliphatic heterocycles. The van der Waals surface area contributed by atoms with E-state index in [0.717, 1.165) is 24.9 Å². The number of piperidine rings is 1. The van der Waals surface area contributed by atoms with E-state index in [0.29, 0.717) is 25.4 Å². The molecule has 1 saturated heterocycles. The number of amides is 1. The van der Waals surface area contributed by atoms with Gasteiger partial charge in [-0.3, -0.25) is 14.4 Å². The Hall–Kier alpha value is -2.74. The second-order valence-corrected chi connectivity index (χ2v) is 8.15. The van der Waals surface area contributed by atoms with Gasteiger partial charge < -0.3 is 10.1 Å². The van der Waals surface area contributed by atoms with Crippen molar-refractivity contribution in [3.05, 3.63) is 48.0 Å². The van der Waals surface area contributed by atoms with E-state index >= 15 is 0 Å². The average Bonchev–Trinajstić information content (AvgIpc) is 3.18. The van der Waals surface area contributed by atoms with E-state index in [9.17, 15) is 14.0 Å². The number of nitrogens with zero attached hydrogens (tertiary/aromatic N) is 3. The summed E-state index contributed by atoms with van der Waals surface area (Å²) >= 11 is 0. The third kappa shape index (κ3) is 5.24. The summed E-state index contributed by atoms with van der Waals surface area (Å²) in [5.41, 5.74) is 0.476. The van der Waals surface area contributed by atoms with Crippen molar-refractivity contribution < 1.29 is 18.7 Å². The predicted octanol–water partition coefficient (Wildman–Crippen LogP) is 3.17. The maximum Gasteiger partial charge on any atom is 0.333 e. The highest BCUT2D eigenvalue weighted by Gasteiger charge is 2.33. The SMILES string of the molecule is CCOC(=O)C(C)(C)n1cc(NC(=O)[C@H]2CCCN(Cc3cccc(F)c3)C2)cn1. The van der Waals surface area contributed by atoms with Gasteiger partial charge in [-0.15, -0.1) is 0 Å². The fourth-order valence-electron chi connectivity index (χ4n) is 3.65. The van der Waals surface area contributed by atoms with E-state index in [4.69, 9.17) is 4.74 Å². The summed E-state index contributed by atoms with van der Waals surface area (Å²) in [5.74, 6) is -0.867. The molecule has 30 heavy (non-hydrogen) atoms. The number of nitrogens with one attached hydrogen (secondary N) is 1. The third-order valence-corrected chi connectivity index (χ3v) is 5.37. The Bertz CT molecular complexity index is 896. The number of anilines is 1. The Morgan fingerprint density at radius 1 is 1.37 bits per heavy atom. The number of hydrogen-bond acceptors (Lipinski definition) is 5. The molecule has 1 amide bonds. The van der Waals surface area contributed by atoms with E-state index in [1.54, 1.807) is 33.0 Å². The lowest BCUT2D eigenvalue weighted by Crippen LogP contribution is -2.40. The van der Waals surface area contributed by atoms with Crippen LogP contribution >= 0.6 is 0 Å². The first-order valence-electron chi connectivity index (χ1n) is 10.3. The number of carbonyl (C=O) groups is 2. The number of hydrogen-bond donors (Lipinski definition) is 1. The van der Waals surface area contributed by atoms with Crippen LogP contribution in [0.1, 0.15) is 39.2 Å². The normalized spacial score (nSPS) is 17.5. The van der Waals surface area contributed by atoms with Gasteiger partial charge in [0.1, 0.15) is 5.82 Å². The van der Waals surface area contributed by atoms with Crippen molar-refractivity contribution in [2.45, 2.75) is 45.7 Å². The quantitative estimate of drug-likeness (QED) is 0.702. The maximum absolute atomic E-state index is 13.4. The van der Waals surface area contributed by atoms with Crippen LogP contribution in [0.25, 0.3) is 0 Å². The monoisotopic (exact) mass is 416 g/mol. The lowest BCUT2D eigenvalue weighted by molar-refractivity contribution is -0.152. The summed E-state index contributed by atoms with van der Waals surface area (Å²) in [6.45, 7) is 7.60. The molecule has 0 bridgehead atoms. The van der Waals surface area contributed by atoms with Crippen LogP contribution < -0.4 is 5.32 Å². The van der Waals surface area contributed by atoms with E-state index in [-0.39, 0.29) is 23.6 Å². The van der Waals surface area contributed by atoms with Crippen LogP contribution in [0.3, 0.4) is 0 Å². The average molecular weight is 416 g/mol. The Kier molecular flexibility index (Phi) is 6.87. The van der Waals surface area contributed by atoms with Gasteiger partial charge in [0.2, 0.25) is 5.91 Å². The fraction of sp³-hybridized carbons (Fsp3) is 0.500. The van der Waals surface area contributed by atoms with Gasteiger partial charge in [0.05, 0.1) is 24.4 Å². The second-order valence-electron chi connectivity index (χ2n) is 8.15. The molecule has 1 fully saturated rings. The van der Waals surface area contributed by atoms with Crippen molar-refractivity contribution in [1.29, 1.82) is 0 Å². The lowest BCUT2D eigenvalue weighted by Gasteiger charge is -2.32. The van der Waals surface area contributed by atoms with Crippen molar-refractivity contribution >= 4 is 17.6 Å². The summed E-state index contributed by atoms with van der Waals surface area (Å²) in [6, 6.07) is 6.56. The van der Waals surface area contributed by atoms with Gasteiger partial charge in [-0.1, -0.05) is 12.1 Å². The molecular weight excluding hydrogens is 387 g/mol. The molecule has 2 aromatic rings. The van der Waals surface area contributed by atoms with Crippen LogP contribution in [0.15, 0.2) is 36.7 Å². The molecule has 162 valence electrons. The molecule has 1 aliphatic rings. The number of ether oxygens (including phenoxy) is 1. The Morgan fingerprint density at radius 2 is 2.17 bits per heavy atom. The van der Waals surface area contributed by atoms with E-state index < -0.39 is 5.54 Å². The van der Waals surface area contributed by atoms with Gasteiger partial charge in [0.25, 0.3) is 0 Å². The number of aromatic nitrogens is 2. The smallest absolute Gasteiger partial charge is 0.333 e. The standard InChI is InChI=1S/C22H29FN4O3/c1-4-30-21(29)22(2,3)27-15-19(12-24-27)25-20(28)17-8-6-10-26(14-17)13-16-7-5-9-18(23)11-16/h5,7,9,11-12,15,17H,4,6,8,10,13-14H2,1-3H3,(H,25,28)/t17-/m0/s1. The number of likely N-dealkylation sites (tertiary alicyclic amines) is 1. The number of esters is 1. The van der Waals surface area contributed by atoms with Crippen LogP contribution in [-0.2, 0) is 26.4 Å². The summed E-state index contributed by atoms with van der Waals surface area (Å²) < 4.78 is 20.0. The molecule has 1 atom stereocenters. The number of halogens is 1. The fourth-order valence-corrected chi connectivity index (χ4v) is 3.65. The summed E-state index contributed by atoms with van der Waals surface area (Å²) in [7, 11) is 0. The molecule has 0 spiro atoms. The van der Waals surface area contributed by atoms with Crippen molar-refractivity contribution in [1.82, 2.24) is 14.7 Å². The first-order chi connectivity index (χ1) is 14.3. The highest BCUT2D eigenvalue weighted by molar-refractivity contribution is 5.92. The van der Waals surface area contributed by atoms with E-state index in [1.165, 1.54) is 23.0 Å². The highest BCUT2D eigenvalue weighted by Crippen LogP contribution is 2.22. The minimum absolute atomic E-state index is 0.0765. The van der Waals surface area contributed by atoms with E-state index in [2.05, 4.69) is 15.3 Å². The molecule has 7 nitrogen and oxygen atoms in total. The molecule has 1 aromatic carbocycles. The highest BCUT2D eigenvalue weighted by atomic mass is 19.1. The van der Waals surface area contributed by atoms with Gasteiger partial charge in [-0.05, 0) is 57.9 Å². The van der Waals surface area contributed by atoms with Gasteiger partial charge in [0.15, 0.2) is 5.54 Å². The van der Waals surface area contributed by atoms with Crippen LogP contribution in [0.4, 0.5) is 10.1 Å². The number of benzene rings is 1. The van der Waals surface area contributed by atoms with Gasteiger partial charge in [-0.2, -0.15) is 5.10 Å². The van der Waals surface area contributed by atoms with Crippen molar-refractivity contribution in [2.24, 2.45) is 5.92 Å². The Morgan fingerprint density at radius 3 is 2.90 bits per heavy atom. The predicted molar refractivity (Wildman–Crippen MR) is 111 cm³/mol. The van der Waals surface area contributed by atoms with Crippen molar-refractivity contribution in [3.8, 4) is 0 Å². The maximum atomic E-state index is 13.4. The van der Waals surface area contributed by atoms with Crippen LogP contribution in [0.5, 0.6) is 0 Å². The molecule has 1 N–H and O–H groups in total. The van der Waals surface area contributed by atoms with Crippen LogP contribution in [0, 0.1) is 11.7 Å². The zero-order valence-electron chi connectivity index (χ0n) is 17.7. The molecule has 0 saturated carbocycles. The molecule has 1 aromatic heterocycles. The zero-order valence-corrected chi connectivity index (χ0v) is 17.7.